The Labute approximate surface area is 120 Å². The number of rotatable bonds is 3. The van der Waals surface area contributed by atoms with E-state index in [-0.39, 0.29) is 22.0 Å². The molecule has 8 heteroatoms. The first-order valence-electron chi connectivity index (χ1n) is 4.96. The van der Waals surface area contributed by atoms with E-state index >= 15 is 0 Å². The summed E-state index contributed by atoms with van der Waals surface area (Å²) >= 11 is 12.5. The first kappa shape index (κ1) is 14.4. The zero-order valence-corrected chi connectivity index (χ0v) is 11.5. The average Bonchev–Trinajstić information content (AvgIpc) is 2.68. The van der Waals surface area contributed by atoms with Gasteiger partial charge in [-0.2, -0.15) is 18.2 Å². The summed E-state index contributed by atoms with van der Waals surface area (Å²) in [6, 6.07) is 4.53. The van der Waals surface area contributed by atoms with E-state index in [9.17, 15) is 13.2 Å². The molecule has 0 radical (unpaired) electrons. The number of aromatic nitrogens is 1. The van der Waals surface area contributed by atoms with Crippen molar-refractivity contribution < 1.29 is 17.9 Å². The van der Waals surface area contributed by atoms with Gasteiger partial charge in [-0.3, -0.25) is 0 Å². The third kappa shape index (κ3) is 3.52. The lowest BCUT2D eigenvalue weighted by molar-refractivity contribution is -0.137. The number of benzene rings is 1. The molecule has 0 saturated heterocycles. The minimum Gasteiger partial charge on any atom is -0.431 e. The molecule has 102 valence electrons. The van der Waals surface area contributed by atoms with Crippen LogP contribution in [0.2, 0.25) is 5.15 Å². The van der Waals surface area contributed by atoms with Gasteiger partial charge in [-0.05, 0) is 18.2 Å². The molecule has 2 nitrogen and oxygen atoms in total. The van der Waals surface area contributed by atoms with E-state index in [0.717, 1.165) is 23.5 Å². The van der Waals surface area contributed by atoms with Crippen LogP contribution in [-0.4, -0.2) is 4.98 Å². The fraction of sp³-hybridized carbons (Fsp3) is 0.182. The van der Waals surface area contributed by atoms with E-state index in [1.807, 2.05) is 0 Å². The molecule has 0 aliphatic heterocycles. The molecule has 2 aromatic rings. The van der Waals surface area contributed by atoms with Gasteiger partial charge in [-0.1, -0.05) is 29.0 Å². The van der Waals surface area contributed by atoms with Gasteiger partial charge in [0.2, 0.25) is 0 Å². The van der Waals surface area contributed by atoms with E-state index in [2.05, 4.69) is 4.98 Å². The Morgan fingerprint density at radius 1 is 1.32 bits per heavy atom. The summed E-state index contributed by atoms with van der Waals surface area (Å²) < 4.78 is 42.8. The second-order valence-electron chi connectivity index (χ2n) is 3.46. The highest BCUT2D eigenvalue weighted by molar-refractivity contribution is 7.14. The van der Waals surface area contributed by atoms with Crippen LogP contribution in [0.1, 0.15) is 10.4 Å². The smallest absolute Gasteiger partial charge is 0.416 e. The summed E-state index contributed by atoms with van der Waals surface area (Å²) in [6.45, 7) is 0. The van der Waals surface area contributed by atoms with Crippen LogP contribution >= 0.6 is 34.5 Å². The third-order valence-electron chi connectivity index (χ3n) is 2.12. The van der Waals surface area contributed by atoms with Crippen LogP contribution in [0.25, 0.3) is 0 Å². The largest absolute Gasteiger partial charge is 0.431 e. The van der Waals surface area contributed by atoms with Gasteiger partial charge >= 0.3 is 6.18 Å². The normalized spacial score (nSPS) is 11.6. The van der Waals surface area contributed by atoms with Crippen molar-refractivity contribution in [3.63, 3.8) is 0 Å². The van der Waals surface area contributed by atoms with E-state index in [0.29, 0.717) is 4.88 Å². The van der Waals surface area contributed by atoms with Gasteiger partial charge in [0.15, 0.2) is 0 Å². The second-order valence-corrected chi connectivity index (χ2v) is 5.13. The maximum absolute atomic E-state index is 12.5. The second kappa shape index (κ2) is 5.56. The molecule has 0 aliphatic rings. The predicted molar refractivity (Wildman–Crippen MR) is 68.2 cm³/mol. The van der Waals surface area contributed by atoms with Crippen LogP contribution < -0.4 is 4.74 Å². The van der Waals surface area contributed by atoms with Gasteiger partial charge < -0.3 is 4.74 Å². The SMILES string of the molecule is FC(F)(F)c1cccc(Oc2nc(Cl)c(CCl)s2)c1. The number of alkyl halides is 4. The van der Waals surface area contributed by atoms with Crippen molar-refractivity contribution in [2.75, 3.05) is 0 Å². The standard InChI is InChI=1S/C11H6Cl2F3NOS/c12-5-8-9(13)17-10(19-8)18-7-3-1-2-6(4-7)11(14,15)16/h1-4H,5H2. The Kier molecular flexibility index (Phi) is 4.23. The van der Waals surface area contributed by atoms with Crippen molar-refractivity contribution >= 4 is 34.5 Å². The van der Waals surface area contributed by atoms with Crippen LogP contribution in [0.4, 0.5) is 13.2 Å². The van der Waals surface area contributed by atoms with Crippen LogP contribution in [0.3, 0.4) is 0 Å². The van der Waals surface area contributed by atoms with Gasteiger partial charge in [0, 0.05) is 0 Å². The highest BCUT2D eigenvalue weighted by Crippen LogP contribution is 2.35. The lowest BCUT2D eigenvalue weighted by atomic mass is 10.2. The first-order chi connectivity index (χ1) is 8.90. The maximum atomic E-state index is 12.5. The molecular formula is C11H6Cl2F3NOS. The summed E-state index contributed by atoms with van der Waals surface area (Å²) in [4.78, 5) is 4.47. The molecule has 0 unspecified atom stereocenters. The van der Waals surface area contributed by atoms with Gasteiger partial charge in [0.25, 0.3) is 5.19 Å². The summed E-state index contributed by atoms with van der Waals surface area (Å²) in [6.07, 6.45) is -4.42. The van der Waals surface area contributed by atoms with Gasteiger partial charge in [0.1, 0.15) is 10.9 Å². The minimum absolute atomic E-state index is 0.0429. The molecule has 0 amide bonds. The van der Waals surface area contributed by atoms with Crippen molar-refractivity contribution in [1.29, 1.82) is 0 Å². The molecule has 0 N–H and O–H groups in total. The zero-order valence-electron chi connectivity index (χ0n) is 9.17. The fourth-order valence-corrected chi connectivity index (χ4v) is 2.61. The molecule has 19 heavy (non-hydrogen) atoms. The van der Waals surface area contributed by atoms with E-state index in [1.54, 1.807) is 0 Å². The van der Waals surface area contributed by atoms with E-state index in [4.69, 9.17) is 27.9 Å². The van der Waals surface area contributed by atoms with Crippen molar-refractivity contribution in [3.8, 4) is 10.9 Å². The van der Waals surface area contributed by atoms with Crippen molar-refractivity contribution in [1.82, 2.24) is 4.98 Å². The predicted octanol–water partition coefficient (Wildman–Crippen LogP) is 5.35. The highest BCUT2D eigenvalue weighted by atomic mass is 35.5. The van der Waals surface area contributed by atoms with Gasteiger partial charge in [-0.25, -0.2) is 0 Å². The molecular weight excluding hydrogens is 322 g/mol. The molecule has 0 spiro atoms. The maximum Gasteiger partial charge on any atom is 0.416 e. The Bertz CT molecular complexity index is 586. The molecule has 0 fully saturated rings. The van der Waals surface area contributed by atoms with Gasteiger partial charge in [0.05, 0.1) is 16.3 Å². The van der Waals surface area contributed by atoms with Crippen molar-refractivity contribution in [2.24, 2.45) is 0 Å². The van der Waals surface area contributed by atoms with Gasteiger partial charge in [-0.15, -0.1) is 11.6 Å². The molecule has 2 rings (SSSR count). The number of hydrogen-bond acceptors (Lipinski definition) is 3. The Hall–Kier alpha value is -0.980. The molecule has 1 aromatic heterocycles. The van der Waals surface area contributed by atoms with Crippen molar-refractivity contribution in [2.45, 2.75) is 12.1 Å². The number of nitrogens with zero attached hydrogens (tertiary/aromatic N) is 1. The van der Waals surface area contributed by atoms with E-state index < -0.39 is 11.7 Å². The molecule has 0 atom stereocenters. The summed E-state index contributed by atoms with van der Waals surface area (Å²) in [5.41, 5.74) is -0.787. The summed E-state index contributed by atoms with van der Waals surface area (Å²) in [5.74, 6) is 0.212. The van der Waals surface area contributed by atoms with E-state index in [1.165, 1.54) is 12.1 Å². The first-order valence-corrected chi connectivity index (χ1v) is 6.69. The van der Waals surface area contributed by atoms with Crippen LogP contribution in [0, 0.1) is 0 Å². The number of thiazole rings is 1. The molecule has 1 heterocycles. The summed E-state index contributed by atoms with van der Waals surface area (Å²) in [7, 11) is 0. The highest BCUT2D eigenvalue weighted by Gasteiger charge is 2.30. The number of ether oxygens (including phenoxy) is 1. The molecule has 0 bridgehead atoms. The lowest BCUT2D eigenvalue weighted by Crippen LogP contribution is -2.04. The number of hydrogen-bond donors (Lipinski definition) is 0. The average molecular weight is 328 g/mol. The molecule has 0 saturated carbocycles. The molecule has 0 aliphatic carbocycles. The fourth-order valence-electron chi connectivity index (χ4n) is 1.28. The summed E-state index contributed by atoms with van der Waals surface area (Å²) in [5, 5.41) is 0.349. The molecule has 1 aromatic carbocycles. The topological polar surface area (TPSA) is 22.1 Å². The quantitative estimate of drug-likeness (QED) is 0.709. The van der Waals surface area contributed by atoms with Crippen LogP contribution in [-0.2, 0) is 12.1 Å². The Morgan fingerprint density at radius 3 is 2.63 bits per heavy atom. The van der Waals surface area contributed by atoms with Crippen LogP contribution in [0.15, 0.2) is 24.3 Å². The van der Waals surface area contributed by atoms with Crippen LogP contribution in [0.5, 0.6) is 10.9 Å². The third-order valence-corrected chi connectivity index (χ3v) is 3.90. The van der Waals surface area contributed by atoms with Crippen molar-refractivity contribution in [3.05, 3.63) is 39.9 Å². The zero-order chi connectivity index (χ0) is 14.0. The lowest BCUT2D eigenvalue weighted by Gasteiger charge is -2.08. The minimum atomic E-state index is -4.42. The number of halogens is 5. The monoisotopic (exact) mass is 327 g/mol. The Balaban J connectivity index is 2.23. The Morgan fingerprint density at radius 2 is 2.05 bits per heavy atom.